The van der Waals surface area contributed by atoms with E-state index in [0.717, 1.165) is 4.90 Å². The molecule has 2 N–H and O–H groups in total. The van der Waals surface area contributed by atoms with Crippen molar-refractivity contribution in [2.24, 2.45) is 0 Å². The van der Waals surface area contributed by atoms with E-state index in [9.17, 15) is 14.0 Å². The lowest BCUT2D eigenvalue weighted by atomic mass is 10.3. The van der Waals surface area contributed by atoms with E-state index in [-0.39, 0.29) is 22.9 Å². The van der Waals surface area contributed by atoms with Crippen molar-refractivity contribution in [3.63, 3.8) is 0 Å². The number of hydrogen-bond donors (Lipinski definition) is 2. The van der Waals surface area contributed by atoms with Gasteiger partial charge in [-0.2, -0.15) is 5.10 Å². The molecule has 1 aromatic heterocycles. The highest BCUT2D eigenvalue weighted by molar-refractivity contribution is 8.00. The van der Waals surface area contributed by atoms with Crippen LogP contribution < -0.4 is 10.9 Å². The average molecular weight is 405 g/mol. The fourth-order valence-corrected chi connectivity index (χ4v) is 2.95. The zero-order valence-electron chi connectivity index (χ0n) is 13.9. The summed E-state index contributed by atoms with van der Waals surface area (Å²) in [7, 11) is 0. The highest BCUT2D eigenvalue weighted by Gasteiger charge is 2.12. The normalized spacial score (nSPS) is 10.4. The van der Waals surface area contributed by atoms with E-state index in [1.165, 1.54) is 34.9 Å². The number of carbonyl (C=O) groups excluding carboxylic acids is 2. The highest BCUT2D eigenvalue weighted by Crippen LogP contribution is 2.19. The topological polar surface area (TPSA) is 76.0 Å². The SMILES string of the molecule is O=C(CSc1ccc(Cl)cc1)NNC(=O)c1cnn(-c2ccccc2F)c1. The molecule has 2 aromatic carbocycles. The van der Waals surface area contributed by atoms with E-state index in [1.807, 2.05) is 0 Å². The van der Waals surface area contributed by atoms with Gasteiger partial charge in [-0.15, -0.1) is 11.8 Å². The summed E-state index contributed by atoms with van der Waals surface area (Å²) in [5, 5.41) is 4.58. The van der Waals surface area contributed by atoms with Crippen molar-refractivity contribution in [1.29, 1.82) is 0 Å². The first-order valence-corrected chi connectivity index (χ1v) is 9.16. The van der Waals surface area contributed by atoms with Crippen molar-refractivity contribution in [3.8, 4) is 5.69 Å². The van der Waals surface area contributed by atoms with Gasteiger partial charge in [-0.25, -0.2) is 9.07 Å². The van der Waals surface area contributed by atoms with E-state index in [1.54, 1.807) is 42.5 Å². The van der Waals surface area contributed by atoms with Crippen molar-refractivity contribution in [3.05, 3.63) is 77.3 Å². The molecule has 0 unspecified atom stereocenters. The third-order valence-corrected chi connectivity index (χ3v) is 4.71. The summed E-state index contributed by atoms with van der Waals surface area (Å²) in [6, 6.07) is 13.1. The number of rotatable bonds is 5. The Kier molecular flexibility index (Phi) is 6.10. The Balaban J connectivity index is 1.51. The molecule has 27 heavy (non-hydrogen) atoms. The average Bonchev–Trinajstić information content (AvgIpc) is 3.16. The van der Waals surface area contributed by atoms with Crippen LogP contribution in [0.5, 0.6) is 0 Å². The molecule has 3 rings (SSSR count). The molecule has 2 amide bonds. The van der Waals surface area contributed by atoms with Crippen LogP contribution in [0.4, 0.5) is 4.39 Å². The highest BCUT2D eigenvalue weighted by atomic mass is 35.5. The van der Waals surface area contributed by atoms with Crippen LogP contribution in [0.3, 0.4) is 0 Å². The minimum atomic E-state index is -0.553. The van der Waals surface area contributed by atoms with Crippen LogP contribution in [0.25, 0.3) is 5.69 Å². The number of para-hydroxylation sites is 1. The van der Waals surface area contributed by atoms with Crippen molar-refractivity contribution in [1.82, 2.24) is 20.6 Å². The summed E-state index contributed by atoms with van der Waals surface area (Å²) in [5.74, 6) is -1.26. The lowest BCUT2D eigenvalue weighted by molar-refractivity contribution is -0.119. The van der Waals surface area contributed by atoms with E-state index < -0.39 is 11.7 Å². The van der Waals surface area contributed by atoms with Crippen molar-refractivity contribution < 1.29 is 14.0 Å². The number of halogens is 2. The first-order chi connectivity index (χ1) is 13.0. The molecule has 6 nitrogen and oxygen atoms in total. The molecule has 0 saturated carbocycles. The number of amides is 2. The molecule has 0 radical (unpaired) electrons. The van der Waals surface area contributed by atoms with Gasteiger partial charge in [0.15, 0.2) is 0 Å². The predicted molar refractivity (Wildman–Crippen MR) is 101 cm³/mol. The molecule has 0 aliphatic carbocycles. The standard InChI is InChI=1S/C18H14ClFN4O2S/c19-13-5-7-14(8-6-13)27-11-17(25)22-23-18(26)12-9-21-24(10-12)16-4-2-1-3-15(16)20/h1-10H,11H2,(H,22,25)(H,23,26). The van der Waals surface area contributed by atoms with Gasteiger partial charge in [0.2, 0.25) is 5.91 Å². The second-order valence-corrected chi connectivity index (χ2v) is 6.86. The third-order valence-electron chi connectivity index (χ3n) is 3.44. The van der Waals surface area contributed by atoms with Crippen LogP contribution in [0.15, 0.2) is 65.8 Å². The second kappa shape index (κ2) is 8.70. The van der Waals surface area contributed by atoms with Gasteiger partial charge in [0, 0.05) is 16.1 Å². The lowest BCUT2D eigenvalue weighted by Crippen LogP contribution is -2.42. The Bertz CT molecular complexity index is 962. The molecule has 138 valence electrons. The zero-order valence-corrected chi connectivity index (χ0v) is 15.4. The summed E-state index contributed by atoms with van der Waals surface area (Å²) < 4.78 is 15.0. The van der Waals surface area contributed by atoms with Crippen molar-refractivity contribution >= 4 is 35.2 Å². The summed E-state index contributed by atoms with van der Waals surface area (Å²) in [5.41, 5.74) is 5.04. The molecular formula is C18H14ClFN4O2S. The largest absolute Gasteiger partial charge is 0.272 e. The van der Waals surface area contributed by atoms with Gasteiger partial charge in [-0.05, 0) is 36.4 Å². The summed E-state index contributed by atoms with van der Waals surface area (Å²) in [6.07, 6.45) is 2.67. The number of hydrogen-bond acceptors (Lipinski definition) is 4. The molecule has 0 bridgehead atoms. The van der Waals surface area contributed by atoms with Gasteiger partial charge < -0.3 is 0 Å². The van der Waals surface area contributed by atoms with Gasteiger partial charge in [0.25, 0.3) is 5.91 Å². The summed E-state index contributed by atoms with van der Waals surface area (Å²) in [6.45, 7) is 0. The number of thioether (sulfide) groups is 1. The van der Waals surface area contributed by atoms with Crippen LogP contribution in [0, 0.1) is 5.82 Å². The van der Waals surface area contributed by atoms with Gasteiger partial charge in [-0.3, -0.25) is 20.4 Å². The third kappa shape index (κ3) is 5.08. The molecule has 0 atom stereocenters. The number of nitrogens with one attached hydrogen (secondary N) is 2. The number of carbonyl (C=O) groups is 2. The molecule has 1 heterocycles. The molecule has 9 heteroatoms. The molecule has 0 aliphatic heterocycles. The number of nitrogens with zero attached hydrogens (tertiary/aromatic N) is 2. The fourth-order valence-electron chi connectivity index (χ4n) is 2.12. The predicted octanol–water partition coefficient (Wildman–Crippen LogP) is 3.22. The van der Waals surface area contributed by atoms with Gasteiger partial charge in [-0.1, -0.05) is 23.7 Å². The first-order valence-electron chi connectivity index (χ1n) is 7.80. The summed E-state index contributed by atoms with van der Waals surface area (Å²) >= 11 is 7.11. The van der Waals surface area contributed by atoms with Crippen molar-refractivity contribution in [2.75, 3.05) is 5.75 Å². The Hall–Kier alpha value is -2.84. The molecular weight excluding hydrogens is 391 g/mol. The maximum atomic E-state index is 13.8. The number of aromatic nitrogens is 2. The van der Waals surface area contributed by atoms with Crippen LogP contribution in [-0.2, 0) is 4.79 Å². The molecule has 0 fully saturated rings. The minimum absolute atomic E-state index is 0.121. The Morgan fingerprint density at radius 3 is 2.59 bits per heavy atom. The maximum absolute atomic E-state index is 13.8. The van der Waals surface area contributed by atoms with Crippen LogP contribution in [0.1, 0.15) is 10.4 Å². The Morgan fingerprint density at radius 2 is 1.85 bits per heavy atom. The first kappa shape index (κ1) is 18.9. The van der Waals surface area contributed by atoms with Gasteiger partial charge >= 0.3 is 0 Å². The quantitative estimate of drug-likeness (QED) is 0.505. The monoisotopic (exact) mass is 404 g/mol. The molecule has 0 saturated heterocycles. The molecule has 0 aliphatic rings. The van der Waals surface area contributed by atoms with Gasteiger partial charge in [0.05, 0.1) is 17.5 Å². The fraction of sp³-hybridized carbons (Fsp3) is 0.0556. The van der Waals surface area contributed by atoms with Crippen LogP contribution in [0.2, 0.25) is 5.02 Å². The Morgan fingerprint density at radius 1 is 1.11 bits per heavy atom. The Labute approximate surface area is 163 Å². The van der Waals surface area contributed by atoms with Crippen LogP contribution in [-0.4, -0.2) is 27.3 Å². The smallest absolute Gasteiger partial charge is 0.272 e. The zero-order chi connectivity index (χ0) is 19.2. The van der Waals surface area contributed by atoms with E-state index in [2.05, 4.69) is 16.0 Å². The van der Waals surface area contributed by atoms with Gasteiger partial charge in [0.1, 0.15) is 11.5 Å². The van der Waals surface area contributed by atoms with Crippen molar-refractivity contribution in [2.45, 2.75) is 4.90 Å². The number of hydrazine groups is 1. The summed E-state index contributed by atoms with van der Waals surface area (Å²) in [4.78, 5) is 24.8. The number of benzene rings is 2. The molecule has 3 aromatic rings. The second-order valence-electron chi connectivity index (χ2n) is 5.37. The minimum Gasteiger partial charge on any atom is -0.272 e. The van der Waals surface area contributed by atoms with E-state index in [0.29, 0.717) is 5.02 Å². The van der Waals surface area contributed by atoms with E-state index >= 15 is 0 Å². The lowest BCUT2D eigenvalue weighted by Gasteiger charge is -2.06. The van der Waals surface area contributed by atoms with E-state index in [4.69, 9.17) is 11.6 Å². The van der Waals surface area contributed by atoms with Crippen LogP contribution >= 0.6 is 23.4 Å². The molecule has 0 spiro atoms. The maximum Gasteiger partial charge on any atom is 0.272 e.